The van der Waals surface area contributed by atoms with Crippen molar-refractivity contribution in [1.29, 1.82) is 0 Å². The summed E-state index contributed by atoms with van der Waals surface area (Å²) in [6.07, 6.45) is 0.669. The first-order valence-electron chi connectivity index (χ1n) is 10.5. The second-order valence-electron chi connectivity index (χ2n) is 8.95. The van der Waals surface area contributed by atoms with Crippen molar-refractivity contribution in [3.63, 3.8) is 0 Å². The van der Waals surface area contributed by atoms with Gasteiger partial charge < -0.3 is 10.4 Å². The molecule has 0 aromatic heterocycles. The predicted molar refractivity (Wildman–Crippen MR) is 119 cm³/mol. The van der Waals surface area contributed by atoms with E-state index in [1.807, 2.05) is 54.6 Å². The van der Waals surface area contributed by atoms with Gasteiger partial charge in [-0.2, -0.15) is 0 Å². The summed E-state index contributed by atoms with van der Waals surface area (Å²) in [5.41, 5.74) is 3.43. The Kier molecular flexibility index (Phi) is 5.39. The third kappa shape index (κ3) is 4.10. The van der Waals surface area contributed by atoms with Crippen LogP contribution in [0, 0.1) is 5.41 Å². The van der Waals surface area contributed by atoms with Gasteiger partial charge in [0.2, 0.25) is 5.91 Å². The fourth-order valence-corrected chi connectivity index (χ4v) is 4.55. The maximum Gasteiger partial charge on any atom is 0.303 e. The number of allylic oxidation sites excluding steroid dienone is 1. The summed E-state index contributed by atoms with van der Waals surface area (Å²) in [6.45, 7) is 4.14. The second kappa shape index (κ2) is 8.02. The molecule has 1 atom stereocenters. The number of para-hydroxylation sites is 2. The molecule has 0 spiro atoms. The lowest BCUT2D eigenvalue weighted by Gasteiger charge is -2.37. The molecule has 0 saturated carbocycles. The van der Waals surface area contributed by atoms with Crippen molar-refractivity contribution in [2.24, 2.45) is 5.41 Å². The molecular weight excluding hydrogens is 392 g/mol. The maximum absolute atomic E-state index is 13.4. The Balaban J connectivity index is 1.94. The van der Waals surface area contributed by atoms with Gasteiger partial charge in [0.05, 0.1) is 23.8 Å². The van der Waals surface area contributed by atoms with Gasteiger partial charge in [0.15, 0.2) is 5.78 Å². The molecule has 31 heavy (non-hydrogen) atoms. The lowest BCUT2D eigenvalue weighted by molar-refractivity contribution is -0.138. The van der Waals surface area contributed by atoms with E-state index in [-0.39, 0.29) is 29.9 Å². The van der Waals surface area contributed by atoms with Gasteiger partial charge in [0, 0.05) is 24.1 Å². The average Bonchev–Trinajstić information content (AvgIpc) is 2.86. The number of ketones is 1. The number of amides is 1. The summed E-state index contributed by atoms with van der Waals surface area (Å²) >= 11 is 0. The maximum atomic E-state index is 13.4. The van der Waals surface area contributed by atoms with Crippen LogP contribution in [-0.4, -0.2) is 22.8 Å². The number of rotatable bonds is 4. The standard InChI is InChI=1S/C25H26N2O4/c1-25(2)14-18-23(20(28)15-25)24(16-8-4-3-5-9-16)27(21(29)12-13-22(30)31)19-11-7-6-10-17(19)26-18/h3-11,24,26H,12-15H2,1-2H3,(H,30,31)/t24-/m1/s1. The van der Waals surface area contributed by atoms with E-state index < -0.39 is 12.0 Å². The third-order valence-electron chi connectivity index (χ3n) is 5.84. The van der Waals surface area contributed by atoms with Crippen molar-refractivity contribution >= 4 is 29.0 Å². The van der Waals surface area contributed by atoms with Crippen LogP contribution >= 0.6 is 0 Å². The molecular formula is C25H26N2O4. The first-order chi connectivity index (χ1) is 14.8. The van der Waals surface area contributed by atoms with Crippen molar-refractivity contribution in [1.82, 2.24) is 0 Å². The molecule has 160 valence electrons. The zero-order chi connectivity index (χ0) is 22.2. The summed E-state index contributed by atoms with van der Waals surface area (Å²) in [7, 11) is 0. The van der Waals surface area contributed by atoms with Gasteiger partial charge in [-0.05, 0) is 29.5 Å². The lowest BCUT2D eigenvalue weighted by Crippen LogP contribution is -2.39. The molecule has 0 bridgehead atoms. The molecule has 2 aromatic rings. The SMILES string of the molecule is CC1(C)CC(=O)C2=C(C1)Nc1ccccc1N(C(=O)CCC(=O)O)[C@@H]2c1ccccc1. The van der Waals surface area contributed by atoms with E-state index in [1.54, 1.807) is 4.90 Å². The highest BCUT2D eigenvalue weighted by Crippen LogP contribution is 2.48. The van der Waals surface area contributed by atoms with Gasteiger partial charge >= 0.3 is 5.97 Å². The molecule has 0 fully saturated rings. The number of hydrogen-bond donors (Lipinski definition) is 2. The molecule has 0 saturated heterocycles. The Bertz CT molecular complexity index is 1070. The van der Waals surface area contributed by atoms with Crippen molar-refractivity contribution in [2.75, 3.05) is 10.2 Å². The van der Waals surface area contributed by atoms with E-state index in [4.69, 9.17) is 5.11 Å². The number of carboxylic acids is 1. The molecule has 1 amide bonds. The van der Waals surface area contributed by atoms with Crippen molar-refractivity contribution in [3.8, 4) is 0 Å². The average molecular weight is 418 g/mol. The Morgan fingerprint density at radius 2 is 1.71 bits per heavy atom. The largest absolute Gasteiger partial charge is 0.481 e. The number of Topliss-reactive ketones (excluding diaryl/α,β-unsaturated/α-hetero) is 1. The summed E-state index contributed by atoms with van der Waals surface area (Å²) in [6, 6.07) is 16.3. The van der Waals surface area contributed by atoms with Crippen LogP contribution < -0.4 is 10.2 Å². The van der Waals surface area contributed by atoms with E-state index in [2.05, 4.69) is 19.2 Å². The lowest BCUT2D eigenvalue weighted by atomic mass is 9.73. The van der Waals surface area contributed by atoms with Crippen LogP contribution in [0.5, 0.6) is 0 Å². The van der Waals surface area contributed by atoms with Crippen LogP contribution in [0.3, 0.4) is 0 Å². The van der Waals surface area contributed by atoms with Gasteiger partial charge in [0.1, 0.15) is 0 Å². The Morgan fingerprint density at radius 1 is 1.03 bits per heavy atom. The second-order valence-corrected chi connectivity index (χ2v) is 8.95. The number of benzene rings is 2. The quantitative estimate of drug-likeness (QED) is 0.752. The highest BCUT2D eigenvalue weighted by Gasteiger charge is 2.43. The minimum absolute atomic E-state index is 0.0106. The first-order valence-corrected chi connectivity index (χ1v) is 10.5. The smallest absolute Gasteiger partial charge is 0.303 e. The van der Waals surface area contributed by atoms with Crippen molar-refractivity contribution in [2.45, 2.75) is 45.6 Å². The van der Waals surface area contributed by atoms with Crippen LogP contribution in [0.2, 0.25) is 0 Å². The van der Waals surface area contributed by atoms with Crippen LogP contribution in [0.4, 0.5) is 11.4 Å². The van der Waals surface area contributed by atoms with Crippen molar-refractivity contribution < 1.29 is 19.5 Å². The molecule has 6 nitrogen and oxygen atoms in total. The summed E-state index contributed by atoms with van der Waals surface area (Å²) in [4.78, 5) is 39.6. The molecule has 0 radical (unpaired) electrons. The number of carboxylic acid groups (broad SMARTS) is 1. The molecule has 2 aromatic carbocycles. The van der Waals surface area contributed by atoms with E-state index in [9.17, 15) is 14.4 Å². The first kappa shape index (κ1) is 20.8. The molecule has 0 unspecified atom stereocenters. The van der Waals surface area contributed by atoms with E-state index in [0.29, 0.717) is 24.1 Å². The Morgan fingerprint density at radius 3 is 2.42 bits per heavy atom. The number of anilines is 2. The van der Waals surface area contributed by atoms with Crippen molar-refractivity contribution in [3.05, 3.63) is 71.4 Å². The van der Waals surface area contributed by atoms with E-state index in [0.717, 1.165) is 16.9 Å². The van der Waals surface area contributed by atoms with E-state index >= 15 is 0 Å². The van der Waals surface area contributed by atoms with Crippen LogP contribution in [0.25, 0.3) is 0 Å². The minimum atomic E-state index is -1.03. The molecule has 4 rings (SSSR count). The molecule has 1 aliphatic carbocycles. The number of aliphatic carboxylic acids is 1. The highest BCUT2D eigenvalue weighted by molar-refractivity contribution is 6.06. The number of hydrogen-bond acceptors (Lipinski definition) is 4. The van der Waals surface area contributed by atoms with Gasteiger partial charge in [-0.3, -0.25) is 19.3 Å². The van der Waals surface area contributed by atoms with Gasteiger partial charge in [0.25, 0.3) is 0 Å². The number of nitrogens with one attached hydrogen (secondary N) is 1. The Hall–Kier alpha value is -3.41. The molecule has 1 heterocycles. The highest BCUT2D eigenvalue weighted by atomic mass is 16.4. The fourth-order valence-electron chi connectivity index (χ4n) is 4.55. The van der Waals surface area contributed by atoms with Crippen LogP contribution in [0.1, 0.15) is 51.1 Å². The summed E-state index contributed by atoms with van der Waals surface area (Å²) in [5.74, 6) is -1.34. The number of carbonyl (C=O) groups is 3. The van der Waals surface area contributed by atoms with Crippen LogP contribution in [0.15, 0.2) is 65.9 Å². The zero-order valence-electron chi connectivity index (χ0n) is 17.7. The third-order valence-corrected chi connectivity index (χ3v) is 5.84. The van der Waals surface area contributed by atoms with Gasteiger partial charge in [-0.15, -0.1) is 0 Å². The molecule has 6 heteroatoms. The van der Waals surface area contributed by atoms with Gasteiger partial charge in [-0.25, -0.2) is 0 Å². The molecule has 2 N–H and O–H groups in total. The molecule has 1 aliphatic heterocycles. The normalized spacial score (nSPS) is 19.7. The topological polar surface area (TPSA) is 86.7 Å². The summed E-state index contributed by atoms with van der Waals surface area (Å²) in [5, 5.41) is 12.6. The molecule has 2 aliphatic rings. The van der Waals surface area contributed by atoms with Crippen LogP contribution in [-0.2, 0) is 14.4 Å². The summed E-state index contributed by atoms with van der Waals surface area (Å²) < 4.78 is 0. The zero-order valence-corrected chi connectivity index (χ0v) is 17.7. The number of carbonyl (C=O) groups excluding carboxylic acids is 2. The Labute approximate surface area is 181 Å². The number of nitrogens with zero attached hydrogens (tertiary/aromatic N) is 1. The minimum Gasteiger partial charge on any atom is -0.481 e. The predicted octanol–water partition coefficient (Wildman–Crippen LogP) is 4.69. The monoisotopic (exact) mass is 418 g/mol. The van der Waals surface area contributed by atoms with E-state index in [1.165, 1.54) is 0 Å². The number of fused-ring (bicyclic) bond motifs is 1. The van der Waals surface area contributed by atoms with Gasteiger partial charge in [-0.1, -0.05) is 56.3 Å². The fraction of sp³-hybridized carbons (Fsp3) is 0.320.